The third-order valence-corrected chi connectivity index (χ3v) is 4.29. The van der Waals surface area contributed by atoms with Crippen molar-refractivity contribution in [1.29, 1.82) is 0 Å². The van der Waals surface area contributed by atoms with Gasteiger partial charge >= 0.3 is 0 Å². The molecule has 1 fully saturated rings. The lowest BCUT2D eigenvalue weighted by atomic mass is 9.80. The SMILES string of the molecule is CCOC1CC(CC(=O)N(C)Cc2cccc(Br)c2)C1. The normalized spacial score (nSPS) is 21.4. The van der Waals surface area contributed by atoms with Crippen LogP contribution in [0.15, 0.2) is 28.7 Å². The molecule has 0 spiro atoms. The van der Waals surface area contributed by atoms with E-state index < -0.39 is 0 Å². The fraction of sp³-hybridized carbons (Fsp3) is 0.562. The van der Waals surface area contributed by atoms with Crippen LogP contribution in [-0.4, -0.2) is 30.6 Å². The second-order valence-corrected chi connectivity index (χ2v) is 6.41. The molecule has 1 aliphatic rings. The summed E-state index contributed by atoms with van der Waals surface area (Å²) in [4.78, 5) is 14.0. The van der Waals surface area contributed by atoms with Gasteiger partial charge in [-0.1, -0.05) is 28.1 Å². The molecular formula is C16H22BrNO2. The molecule has 2 rings (SSSR count). The van der Waals surface area contributed by atoms with Gasteiger partial charge in [0.1, 0.15) is 0 Å². The highest BCUT2D eigenvalue weighted by Crippen LogP contribution is 2.33. The van der Waals surface area contributed by atoms with E-state index in [-0.39, 0.29) is 5.91 Å². The molecule has 1 aromatic carbocycles. The molecule has 0 radical (unpaired) electrons. The summed E-state index contributed by atoms with van der Waals surface area (Å²) in [6.45, 7) is 3.46. The van der Waals surface area contributed by atoms with Crippen molar-refractivity contribution in [3.05, 3.63) is 34.3 Å². The summed E-state index contributed by atoms with van der Waals surface area (Å²) >= 11 is 3.45. The molecule has 4 heteroatoms. The van der Waals surface area contributed by atoms with Crippen LogP contribution >= 0.6 is 15.9 Å². The van der Waals surface area contributed by atoms with E-state index in [2.05, 4.69) is 22.0 Å². The van der Waals surface area contributed by atoms with Crippen molar-refractivity contribution >= 4 is 21.8 Å². The molecule has 0 atom stereocenters. The van der Waals surface area contributed by atoms with Gasteiger partial charge in [-0.05, 0) is 43.4 Å². The minimum atomic E-state index is 0.227. The number of amides is 1. The summed E-state index contributed by atoms with van der Waals surface area (Å²) in [7, 11) is 1.88. The monoisotopic (exact) mass is 339 g/mol. The molecule has 1 amide bonds. The highest BCUT2D eigenvalue weighted by atomic mass is 79.9. The first-order chi connectivity index (χ1) is 9.58. The fourth-order valence-corrected chi connectivity index (χ4v) is 3.06. The minimum absolute atomic E-state index is 0.227. The Morgan fingerprint density at radius 1 is 1.45 bits per heavy atom. The molecule has 20 heavy (non-hydrogen) atoms. The molecular weight excluding hydrogens is 318 g/mol. The number of hydrogen-bond acceptors (Lipinski definition) is 2. The Bertz CT molecular complexity index is 458. The van der Waals surface area contributed by atoms with Crippen molar-refractivity contribution in [2.75, 3.05) is 13.7 Å². The molecule has 0 unspecified atom stereocenters. The fourth-order valence-electron chi connectivity index (χ4n) is 2.61. The Hall–Kier alpha value is -0.870. The number of halogens is 1. The average Bonchev–Trinajstić information content (AvgIpc) is 2.36. The van der Waals surface area contributed by atoms with E-state index in [4.69, 9.17) is 4.74 Å². The van der Waals surface area contributed by atoms with Crippen LogP contribution in [0.25, 0.3) is 0 Å². The predicted molar refractivity (Wildman–Crippen MR) is 83.4 cm³/mol. The maximum absolute atomic E-state index is 12.2. The molecule has 0 bridgehead atoms. The van der Waals surface area contributed by atoms with Gasteiger partial charge in [-0.15, -0.1) is 0 Å². The summed E-state index contributed by atoms with van der Waals surface area (Å²) in [6.07, 6.45) is 3.09. The van der Waals surface area contributed by atoms with Crippen LogP contribution in [-0.2, 0) is 16.1 Å². The van der Waals surface area contributed by atoms with Crippen LogP contribution in [0, 0.1) is 5.92 Å². The molecule has 0 saturated heterocycles. The van der Waals surface area contributed by atoms with Crippen molar-refractivity contribution in [3.8, 4) is 0 Å². The van der Waals surface area contributed by atoms with Gasteiger partial charge in [0.15, 0.2) is 0 Å². The quantitative estimate of drug-likeness (QED) is 0.792. The van der Waals surface area contributed by atoms with Crippen LogP contribution in [0.1, 0.15) is 31.7 Å². The van der Waals surface area contributed by atoms with Gasteiger partial charge in [0.25, 0.3) is 0 Å². The lowest BCUT2D eigenvalue weighted by Gasteiger charge is -2.35. The third-order valence-electron chi connectivity index (χ3n) is 3.79. The topological polar surface area (TPSA) is 29.5 Å². The Labute approximate surface area is 129 Å². The second-order valence-electron chi connectivity index (χ2n) is 5.50. The number of carbonyl (C=O) groups excluding carboxylic acids is 1. The maximum atomic E-state index is 12.2. The lowest BCUT2D eigenvalue weighted by Crippen LogP contribution is -2.36. The Kier molecular flexibility index (Phi) is 5.61. The van der Waals surface area contributed by atoms with E-state index in [1.54, 1.807) is 0 Å². The molecule has 110 valence electrons. The van der Waals surface area contributed by atoms with Gasteiger partial charge in [-0.2, -0.15) is 0 Å². The smallest absolute Gasteiger partial charge is 0.222 e. The summed E-state index contributed by atoms with van der Waals surface area (Å²) < 4.78 is 6.58. The summed E-state index contributed by atoms with van der Waals surface area (Å²) in [5, 5.41) is 0. The van der Waals surface area contributed by atoms with Gasteiger partial charge in [0.2, 0.25) is 5.91 Å². The van der Waals surface area contributed by atoms with Crippen LogP contribution in [0.4, 0.5) is 0 Å². The summed E-state index contributed by atoms with van der Waals surface area (Å²) in [6, 6.07) is 8.09. The maximum Gasteiger partial charge on any atom is 0.222 e. The molecule has 1 aliphatic carbocycles. The Morgan fingerprint density at radius 2 is 2.20 bits per heavy atom. The van der Waals surface area contributed by atoms with E-state index in [0.29, 0.717) is 25.0 Å². The zero-order chi connectivity index (χ0) is 14.5. The lowest BCUT2D eigenvalue weighted by molar-refractivity contribution is -0.133. The van der Waals surface area contributed by atoms with Gasteiger partial charge in [0.05, 0.1) is 6.10 Å². The zero-order valence-corrected chi connectivity index (χ0v) is 13.7. The number of hydrogen-bond donors (Lipinski definition) is 0. The number of carbonyl (C=O) groups is 1. The van der Waals surface area contributed by atoms with Crippen LogP contribution in [0.5, 0.6) is 0 Å². The van der Waals surface area contributed by atoms with Gasteiger partial charge in [-0.25, -0.2) is 0 Å². The van der Waals surface area contributed by atoms with Crippen molar-refractivity contribution in [1.82, 2.24) is 4.90 Å². The summed E-state index contributed by atoms with van der Waals surface area (Å²) in [5.74, 6) is 0.730. The highest BCUT2D eigenvalue weighted by Gasteiger charge is 2.31. The second kappa shape index (κ2) is 7.23. The van der Waals surface area contributed by atoms with Gasteiger partial charge in [-0.3, -0.25) is 4.79 Å². The zero-order valence-electron chi connectivity index (χ0n) is 12.1. The Morgan fingerprint density at radius 3 is 2.85 bits per heavy atom. The van der Waals surface area contributed by atoms with Crippen molar-refractivity contribution in [2.24, 2.45) is 5.92 Å². The van der Waals surface area contributed by atoms with E-state index in [1.807, 2.05) is 37.1 Å². The van der Waals surface area contributed by atoms with Gasteiger partial charge < -0.3 is 9.64 Å². The molecule has 0 N–H and O–H groups in total. The van der Waals surface area contributed by atoms with Crippen molar-refractivity contribution in [3.63, 3.8) is 0 Å². The number of benzene rings is 1. The van der Waals surface area contributed by atoms with Crippen LogP contribution in [0.2, 0.25) is 0 Å². The first-order valence-corrected chi connectivity index (χ1v) is 7.97. The van der Waals surface area contributed by atoms with E-state index >= 15 is 0 Å². The van der Waals surface area contributed by atoms with Gasteiger partial charge in [0, 0.05) is 31.1 Å². The third kappa shape index (κ3) is 4.32. The van der Waals surface area contributed by atoms with E-state index in [1.165, 1.54) is 0 Å². The largest absolute Gasteiger partial charge is 0.378 e. The van der Waals surface area contributed by atoms with E-state index in [0.717, 1.165) is 29.5 Å². The van der Waals surface area contributed by atoms with Crippen LogP contribution < -0.4 is 0 Å². The highest BCUT2D eigenvalue weighted by molar-refractivity contribution is 9.10. The van der Waals surface area contributed by atoms with E-state index in [9.17, 15) is 4.79 Å². The average molecular weight is 340 g/mol. The summed E-state index contributed by atoms with van der Waals surface area (Å²) in [5.41, 5.74) is 1.15. The Balaban J connectivity index is 1.75. The minimum Gasteiger partial charge on any atom is -0.378 e. The molecule has 1 saturated carbocycles. The van der Waals surface area contributed by atoms with Crippen molar-refractivity contribution in [2.45, 2.75) is 38.8 Å². The van der Waals surface area contributed by atoms with Crippen molar-refractivity contribution < 1.29 is 9.53 Å². The predicted octanol–water partition coefficient (Wildman–Crippen LogP) is 3.61. The molecule has 3 nitrogen and oxygen atoms in total. The van der Waals surface area contributed by atoms with Crippen LogP contribution in [0.3, 0.4) is 0 Å². The molecule has 0 aliphatic heterocycles. The number of ether oxygens (including phenoxy) is 1. The number of rotatable bonds is 6. The molecule has 0 heterocycles. The molecule has 0 aromatic heterocycles. The number of nitrogens with zero attached hydrogens (tertiary/aromatic N) is 1. The standard InChI is InChI=1S/C16H22BrNO2/c1-3-20-15-8-13(9-15)10-16(19)18(2)11-12-5-4-6-14(17)7-12/h4-7,13,15H,3,8-11H2,1-2H3. The molecule has 1 aromatic rings. The first kappa shape index (κ1) is 15.5. The first-order valence-electron chi connectivity index (χ1n) is 7.18.